The monoisotopic (exact) mass is 133 g/mol. The number of aliphatic hydroxyl groups is 2. The van der Waals surface area contributed by atoms with E-state index in [1.807, 2.05) is 6.92 Å². The molecule has 0 saturated carbocycles. The number of aliphatic hydroxyl groups excluding tert-OH is 2. The van der Waals surface area contributed by atoms with E-state index >= 15 is 0 Å². The van der Waals surface area contributed by atoms with Crippen LogP contribution in [0.2, 0.25) is 0 Å². The van der Waals surface area contributed by atoms with Crippen molar-refractivity contribution >= 4 is 0 Å². The van der Waals surface area contributed by atoms with Gasteiger partial charge in [-0.15, -0.1) is 0 Å². The minimum atomic E-state index is -0.569. The van der Waals surface area contributed by atoms with Crippen molar-refractivity contribution in [2.24, 2.45) is 0 Å². The second kappa shape index (κ2) is 3.82. The summed E-state index contributed by atoms with van der Waals surface area (Å²) in [4.78, 5) is 1.50. The Balaban J connectivity index is 3.58. The highest BCUT2D eigenvalue weighted by molar-refractivity contribution is 4.53. The van der Waals surface area contributed by atoms with Crippen LogP contribution in [-0.4, -0.2) is 34.6 Å². The minimum Gasteiger partial charge on any atom is -0.379 e. The van der Waals surface area contributed by atoms with Crippen LogP contribution in [0.5, 0.6) is 0 Å². The average Bonchev–Trinajstić information content (AvgIpc) is 1.84. The fourth-order valence-electron chi connectivity index (χ4n) is 0.537. The Hall–Kier alpha value is -0.120. The topological polar surface area (TPSA) is 43.7 Å². The van der Waals surface area contributed by atoms with Crippen LogP contribution in [0.25, 0.3) is 0 Å². The molecule has 0 aliphatic rings. The smallest absolute Gasteiger partial charge is 0.108 e. The SMILES string of the molecule is CCC(O)N(C)C(C)O. The van der Waals surface area contributed by atoms with E-state index in [2.05, 4.69) is 0 Å². The van der Waals surface area contributed by atoms with Crippen molar-refractivity contribution in [3.05, 3.63) is 0 Å². The first-order chi connectivity index (χ1) is 4.09. The predicted octanol–water partition coefficient (Wildman–Crippen LogP) is -0.0151. The molecule has 3 nitrogen and oxygen atoms in total. The van der Waals surface area contributed by atoms with Gasteiger partial charge in [-0.2, -0.15) is 0 Å². The summed E-state index contributed by atoms with van der Waals surface area (Å²) in [5.74, 6) is 0. The third-order valence-electron chi connectivity index (χ3n) is 1.42. The maximum atomic E-state index is 9.06. The van der Waals surface area contributed by atoms with Gasteiger partial charge in [0, 0.05) is 0 Å². The fourth-order valence-corrected chi connectivity index (χ4v) is 0.537. The minimum absolute atomic E-state index is 0.523. The second-order valence-corrected chi connectivity index (χ2v) is 2.19. The van der Waals surface area contributed by atoms with Crippen LogP contribution in [0.1, 0.15) is 20.3 Å². The van der Waals surface area contributed by atoms with Crippen LogP contribution in [-0.2, 0) is 0 Å². The van der Waals surface area contributed by atoms with Crippen LogP contribution >= 0.6 is 0 Å². The average molecular weight is 133 g/mol. The van der Waals surface area contributed by atoms with Gasteiger partial charge in [-0.3, -0.25) is 4.90 Å². The van der Waals surface area contributed by atoms with E-state index in [1.165, 1.54) is 4.90 Å². The van der Waals surface area contributed by atoms with E-state index in [-0.39, 0.29) is 0 Å². The maximum absolute atomic E-state index is 9.06. The first kappa shape index (κ1) is 8.88. The molecule has 0 aromatic carbocycles. The molecule has 0 bridgehead atoms. The normalized spacial score (nSPS) is 18.0. The summed E-state index contributed by atoms with van der Waals surface area (Å²) >= 11 is 0. The highest BCUT2D eigenvalue weighted by atomic mass is 16.3. The summed E-state index contributed by atoms with van der Waals surface area (Å²) in [7, 11) is 1.68. The number of rotatable bonds is 3. The third kappa shape index (κ3) is 2.79. The molecule has 0 heterocycles. The lowest BCUT2D eigenvalue weighted by molar-refractivity contribution is -0.0771. The van der Waals surface area contributed by atoms with Gasteiger partial charge in [0.05, 0.1) is 0 Å². The predicted molar refractivity (Wildman–Crippen MR) is 35.7 cm³/mol. The van der Waals surface area contributed by atoms with Crippen LogP contribution in [0.4, 0.5) is 0 Å². The summed E-state index contributed by atoms with van der Waals surface area (Å²) in [6.07, 6.45) is -0.452. The Kier molecular flexibility index (Phi) is 3.77. The van der Waals surface area contributed by atoms with E-state index in [9.17, 15) is 0 Å². The van der Waals surface area contributed by atoms with Gasteiger partial charge >= 0.3 is 0 Å². The van der Waals surface area contributed by atoms with Gasteiger partial charge < -0.3 is 10.2 Å². The largest absolute Gasteiger partial charge is 0.379 e. The Morgan fingerprint density at radius 2 is 1.89 bits per heavy atom. The molecule has 0 aliphatic carbocycles. The van der Waals surface area contributed by atoms with Gasteiger partial charge in [-0.1, -0.05) is 6.92 Å². The molecule has 0 amide bonds. The Bertz CT molecular complexity index is 75.5. The van der Waals surface area contributed by atoms with Gasteiger partial charge in [-0.25, -0.2) is 0 Å². The molecule has 0 spiro atoms. The molecule has 0 aromatic rings. The Morgan fingerprint density at radius 1 is 1.44 bits per heavy atom. The first-order valence-electron chi connectivity index (χ1n) is 3.17. The molecule has 0 fully saturated rings. The van der Waals surface area contributed by atoms with E-state index < -0.39 is 12.5 Å². The third-order valence-corrected chi connectivity index (χ3v) is 1.42. The molecule has 0 saturated heterocycles. The number of nitrogens with zero attached hydrogens (tertiary/aromatic N) is 1. The highest BCUT2D eigenvalue weighted by Crippen LogP contribution is 1.99. The molecule has 0 aliphatic heterocycles. The van der Waals surface area contributed by atoms with Crippen LogP contribution in [0.15, 0.2) is 0 Å². The molecule has 2 N–H and O–H groups in total. The molecule has 2 atom stereocenters. The zero-order chi connectivity index (χ0) is 7.44. The van der Waals surface area contributed by atoms with Crippen LogP contribution < -0.4 is 0 Å². The van der Waals surface area contributed by atoms with Crippen molar-refractivity contribution in [2.75, 3.05) is 7.05 Å². The Labute approximate surface area is 55.9 Å². The Morgan fingerprint density at radius 3 is 2.00 bits per heavy atom. The van der Waals surface area contributed by atoms with E-state index in [1.54, 1.807) is 14.0 Å². The first-order valence-corrected chi connectivity index (χ1v) is 3.17. The quantitative estimate of drug-likeness (QED) is 0.532. The van der Waals surface area contributed by atoms with Crippen molar-refractivity contribution in [3.63, 3.8) is 0 Å². The summed E-state index contributed by atoms with van der Waals surface area (Å²) in [5.41, 5.74) is 0. The molecular weight excluding hydrogens is 118 g/mol. The molecule has 0 rings (SSSR count). The maximum Gasteiger partial charge on any atom is 0.108 e. The van der Waals surface area contributed by atoms with Crippen molar-refractivity contribution < 1.29 is 10.2 Å². The van der Waals surface area contributed by atoms with Gasteiger partial charge in [-0.05, 0) is 20.4 Å². The zero-order valence-corrected chi connectivity index (χ0v) is 6.20. The summed E-state index contributed by atoms with van der Waals surface area (Å²) < 4.78 is 0. The molecular formula is C6H15NO2. The lowest BCUT2D eigenvalue weighted by atomic mass is 10.4. The molecule has 0 aromatic heterocycles. The molecule has 2 unspecified atom stereocenters. The number of hydrogen-bond donors (Lipinski definition) is 2. The second-order valence-electron chi connectivity index (χ2n) is 2.19. The van der Waals surface area contributed by atoms with Crippen molar-refractivity contribution in [1.82, 2.24) is 4.90 Å². The summed E-state index contributed by atoms with van der Waals surface area (Å²) in [5, 5.41) is 18.0. The standard InChI is InChI=1S/C6H15NO2/c1-4-6(9)7(3)5(2)8/h5-6,8-9H,4H2,1-3H3. The van der Waals surface area contributed by atoms with Crippen molar-refractivity contribution in [3.8, 4) is 0 Å². The number of hydrogen-bond acceptors (Lipinski definition) is 3. The zero-order valence-electron chi connectivity index (χ0n) is 6.20. The molecule has 9 heavy (non-hydrogen) atoms. The lowest BCUT2D eigenvalue weighted by Gasteiger charge is -2.24. The van der Waals surface area contributed by atoms with E-state index in [4.69, 9.17) is 10.2 Å². The van der Waals surface area contributed by atoms with Gasteiger partial charge in [0.2, 0.25) is 0 Å². The van der Waals surface area contributed by atoms with Crippen LogP contribution in [0.3, 0.4) is 0 Å². The molecule has 56 valence electrons. The van der Waals surface area contributed by atoms with Gasteiger partial charge in [0.15, 0.2) is 0 Å². The summed E-state index contributed by atoms with van der Waals surface area (Å²) in [6.45, 7) is 3.49. The van der Waals surface area contributed by atoms with E-state index in [0.717, 1.165) is 0 Å². The fraction of sp³-hybridized carbons (Fsp3) is 1.00. The molecule has 3 heteroatoms. The van der Waals surface area contributed by atoms with Gasteiger partial charge in [0.1, 0.15) is 12.5 Å². The van der Waals surface area contributed by atoms with Crippen molar-refractivity contribution in [1.29, 1.82) is 0 Å². The summed E-state index contributed by atoms with van der Waals surface area (Å²) in [6, 6.07) is 0. The van der Waals surface area contributed by atoms with Gasteiger partial charge in [0.25, 0.3) is 0 Å². The van der Waals surface area contributed by atoms with Crippen molar-refractivity contribution in [2.45, 2.75) is 32.7 Å². The molecule has 0 radical (unpaired) electrons. The lowest BCUT2D eigenvalue weighted by Crippen LogP contribution is -2.37. The van der Waals surface area contributed by atoms with E-state index in [0.29, 0.717) is 6.42 Å². The highest BCUT2D eigenvalue weighted by Gasteiger charge is 2.11. The van der Waals surface area contributed by atoms with Crippen LogP contribution in [0, 0.1) is 0 Å².